The van der Waals surface area contributed by atoms with Gasteiger partial charge in [-0.1, -0.05) is 12.1 Å². The van der Waals surface area contributed by atoms with Gasteiger partial charge in [0.1, 0.15) is 5.75 Å². The Bertz CT molecular complexity index is 579. The molecule has 1 N–H and O–H groups in total. The van der Waals surface area contributed by atoms with Crippen LogP contribution in [0.1, 0.15) is 26.5 Å². The summed E-state index contributed by atoms with van der Waals surface area (Å²) in [7, 11) is 0. The Hall–Kier alpha value is -1.94. The fourth-order valence-corrected chi connectivity index (χ4v) is 1.63. The Balaban J connectivity index is 2.08. The third-order valence-corrected chi connectivity index (χ3v) is 2.65. The average Bonchev–Trinajstić information content (AvgIpc) is 2.39. The maximum absolute atomic E-state index is 13.5. The average molecular weight is 274 g/mol. The zero-order valence-corrected chi connectivity index (χ0v) is 12.0. The lowest BCUT2D eigenvalue weighted by atomic mass is 10.1. The number of halogens is 1. The van der Waals surface area contributed by atoms with Gasteiger partial charge >= 0.3 is 0 Å². The molecule has 0 bridgehead atoms. The van der Waals surface area contributed by atoms with E-state index in [4.69, 9.17) is 4.74 Å². The highest BCUT2D eigenvalue weighted by Crippen LogP contribution is 2.24. The number of pyridine rings is 1. The van der Waals surface area contributed by atoms with Gasteiger partial charge in [-0.3, -0.25) is 4.98 Å². The van der Waals surface area contributed by atoms with Gasteiger partial charge in [0.05, 0.1) is 5.69 Å². The molecule has 106 valence electrons. The number of aromatic nitrogens is 1. The van der Waals surface area contributed by atoms with Crippen molar-refractivity contribution in [1.82, 2.24) is 10.3 Å². The molecular formula is C16H19FN2O. The van der Waals surface area contributed by atoms with Crippen molar-refractivity contribution in [1.29, 1.82) is 0 Å². The van der Waals surface area contributed by atoms with Crippen LogP contribution < -0.4 is 10.1 Å². The van der Waals surface area contributed by atoms with Crippen LogP contribution in [0.3, 0.4) is 0 Å². The number of hydrogen-bond donors (Lipinski definition) is 1. The second kappa shape index (κ2) is 6.01. The molecule has 2 aromatic rings. The molecule has 0 aliphatic carbocycles. The van der Waals surface area contributed by atoms with Crippen LogP contribution in [0.2, 0.25) is 0 Å². The van der Waals surface area contributed by atoms with E-state index in [9.17, 15) is 4.39 Å². The number of nitrogens with one attached hydrogen (secondary N) is 1. The topological polar surface area (TPSA) is 34.1 Å². The molecule has 0 saturated carbocycles. The lowest BCUT2D eigenvalue weighted by Gasteiger charge is -2.20. The smallest absolute Gasteiger partial charge is 0.165 e. The van der Waals surface area contributed by atoms with Gasteiger partial charge in [-0.25, -0.2) is 4.39 Å². The van der Waals surface area contributed by atoms with E-state index in [1.165, 1.54) is 6.07 Å². The maximum Gasteiger partial charge on any atom is 0.165 e. The number of nitrogens with zero attached hydrogens (tertiary/aromatic N) is 1. The Kier molecular flexibility index (Phi) is 4.35. The van der Waals surface area contributed by atoms with E-state index in [1.807, 2.05) is 6.07 Å². The van der Waals surface area contributed by atoms with Crippen LogP contribution in [0, 0.1) is 5.82 Å². The zero-order valence-electron chi connectivity index (χ0n) is 12.0. The van der Waals surface area contributed by atoms with E-state index in [1.54, 1.807) is 30.5 Å². The maximum atomic E-state index is 13.5. The summed E-state index contributed by atoms with van der Waals surface area (Å²) in [4.78, 5) is 4.27. The van der Waals surface area contributed by atoms with Gasteiger partial charge in [-0.05, 0) is 39.0 Å². The van der Waals surface area contributed by atoms with Crippen molar-refractivity contribution in [2.24, 2.45) is 0 Å². The SMILES string of the molecule is CC(C)(C)NCc1cc(Oc2ccccc2F)ccn1. The first kappa shape index (κ1) is 14.5. The summed E-state index contributed by atoms with van der Waals surface area (Å²) >= 11 is 0. The molecule has 0 aliphatic heterocycles. The standard InChI is InChI=1S/C16H19FN2O/c1-16(2,3)19-11-12-10-13(8-9-18-12)20-15-7-5-4-6-14(15)17/h4-10,19H,11H2,1-3H3. The molecule has 2 rings (SSSR count). The Morgan fingerprint density at radius 1 is 1.20 bits per heavy atom. The minimum absolute atomic E-state index is 0.0179. The molecular weight excluding hydrogens is 255 g/mol. The van der Waals surface area contributed by atoms with Crippen LogP contribution in [0.5, 0.6) is 11.5 Å². The molecule has 4 heteroatoms. The number of para-hydroxylation sites is 1. The van der Waals surface area contributed by atoms with Crippen molar-refractivity contribution < 1.29 is 9.13 Å². The quantitative estimate of drug-likeness (QED) is 0.918. The van der Waals surface area contributed by atoms with Gasteiger partial charge in [-0.15, -0.1) is 0 Å². The Morgan fingerprint density at radius 3 is 2.65 bits per heavy atom. The van der Waals surface area contributed by atoms with Crippen LogP contribution in [-0.4, -0.2) is 10.5 Å². The van der Waals surface area contributed by atoms with Gasteiger partial charge in [-0.2, -0.15) is 0 Å². The molecule has 1 heterocycles. The molecule has 0 amide bonds. The van der Waals surface area contributed by atoms with Crippen LogP contribution in [-0.2, 0) is 6.54 Å². The molecule has 20 heavy (non-hydrogen) atoms. The van der Waals surface area contributed by atoms with Crippen molar-refractivity contribution in [3.63, 3.8) is 0 Å². The molecule has 1 aromatic carbocycles. The number of ether oxygens (including phenoxy) is 1. The van der Waals surface area contributed by atoms with E-state index < -0.39 is 0 Å². The largest absolute Gasteiger partial charge is 0.454 e. The minimum Gasteiger partial charge on any atom is -0.454 e. The molecule has 3 nitrogen and oxygen atoms in total. The summed E-state index contributed by atoms with van der Waals surface area (Å²) in [6, 6.07) is 9.87. The van der Waals surface area contributed by atoms with Gasteiger partial charge in [0.25, 0.3) is 0 Å². The van der Waals surface area contributed by atoms with Crippen LogP contribution in [0.4, 0.5) is 4.39 Å². The van der Waals surface area contributed by atoms with E-state index in [0.717, 1.165) is 5.69 Å². The number of hydrogen-bond acceptors (Lipinski definition) is 3. The van der Waals surface area contributed by atoms with E-state index in [0.29, 0.717) is 12.3 Å². The predicted octanol–water partition coefficient (Wildman–Crippen LogP) is 3.90. The lowest BCUT2D eigenvalue weighted by Crippen LogP contribution is -2.35. The van der Waals surface area contributed by atoms with Crippen molar-refractivity contribution >= 4 is 0 Å². The predicted molar refractivity (Wildman–Crippen MR) is 77.3 cm³/mol. The van der Waals surface area contributed by atoms with Crippen molar-refractivity contribution in [3.8, 4) is 11.5 Å². The first-order chi connectivity index (χ1) is 9.44. The molecule has 0 unspecified atom stereocenters. The Morgan fingerprint density at radius 2 is 1.95 bits per heavy atom. The molecule has 1 aromatic heterocycles. The van der Waals surface area contributed by atoms with Crippen LogP contribution in [0.15, 0.2) is 42.6 Å². The fourth-order valence-electron chi connectivity index (χ4n) is 1.63. The highest BCUT2D eigenvalue weighted by molar-refractivity contribution is 5.32. The van der Waals surface area contributed by atoms with Gasteiger partial charge in [0.15, 0.2) is 11.6 Å². The molecule has 0 atom stereocenters. The summed E-state index contributed by atoms with van der Waals surface area (Å²) in [6.07, 6.45) is 1.66. The summed E-state index contributed by atoms with van der Waals surface area (Å²) in [6.45, 7) is 6.91. The number of rotatable bonds is 4. The van der Waals surface area contributed by atoms with Crippen LogP contribution >= 0.6 is 0 Å². The zero-order chi connectivity index (χ0) is 14.6. The minimum atomic E-state index is -0.376. The van der Waals surface area contributed by atoms with E-state index >= 15 is 0 Å². The second-order valence-electron chi connectivity index (χ2n) is 5.62. The van der Waals surface area contributed by atoms with Crippen molar-refractivity contribution in [2.45, 2.75) is 32.9 Å². The summed E-state index contributed by atoms with van der Waals surface area (Å²) in [5.74, 6) is 0.419. The number of benzene rings is 1. The van der Waals surface area contributed by atoms with Crippen molar-refractivity contribution in [3.05, 3.63) is 54.1 Å². The lowest BCUT2D eigenvalue weighted by molar-refractivity contribution is 0.417. The molecule has 0 fully saturated rings. The summed E-state index contributed by atoms with van der Waals surface area (Å²) in [5, 5.41) is 3.35. The normalized spacial score (nSPS) is 11.4. The van der Waals surface area contributed by atoms with Crippen LogP contribution in [0.25, 0.3) is 0 Å². The van der Waals surface area contributed by atoms with Gasteiger partial charge < -0.3 is 10.1 Å². The Labute approximate surface area is 118 Å². The highest BCUT2D eigenvalue weighted by atomic mass is 19.1. The third-order valence-electron chi connectivity index (χ3n) is 2.65. The first-order valence-corrected chi connectivity index (χ1v) is 6.56. The third kappa shape index (κ3) is 4.31. The monoisotopic (exact) mass is 274 g/mol. The van der Waals surface area contributed by atoms with E-state index in [-0.39, 0.29) is 17.1 Å². The summed E-state index contributed by atoms with van der Waals surface area (Å²) < 4.78 is 19.1. The first-order valence-electron chi connectivity index (χ1n) is 6.56. The van der Waals surface area contributed by atoms with Crippen molar-refractivity contribution in [2.75, 3.05) is 0 Å². The summed E-state index contributed by atoms with van der Waals surface area (Å²) in [5.41, 5.74) is 0.873. The molecule has 0 spiro atoms. The fraction of sp³-hybridized carbons (Fsp3) is 0.312. The van der Waals surface area contributed by atoms with Gasteiger partial charge in [0.2, 0.25) is 0 Å². The van der Waals surface area contributed by atoms with Gasteiger partial charge in [0, 0.05) is 24.3 Å². The molecule has 0 saturated heterocycles. The highest BCUT2D eigenvalue weighted by Gasteiger charge is 2.10. The van der Waals surface area contributed by atoms with E-state index in [2.05, 4.69) is 31.1 Å². The molecule has 0 radical (unpaired) electrons. The molecule has 0 aliphatic rings. The second-order valence-corrected chi connectivity index (χ2v) is 5.62.